The van der Waals surface area contributed by atoms with Crippen molar-refractivity contribution in [2.24, 2.45) is 4.99 Å². The van der Waals surface area contributed by atoms with Gasteiger partial charge < -0.3 is 10.2 Å². The van der Waals surface area contributed by atoms with Crippen LogP contribution in [0.1, 0.15) is 19.5 Å². The molecule has 0 saturated carbocycles. The van der Waals surface area contributed by atoms with Gasteiger partial charge in [-0.2, -0.15) is 0 Å². The summed E-state index contributed by atoms with van der Waals surface area (Å²) in [6, 6.07) is 2.88. The highest BCUT2D eigenvalue weighted by atomic mass is 32.2. The molecule has 0 spiro atoms. The molecule has 6 nitrogen and oxygen atoms in total. The van der Waals surface area contributed by atoms with Crippen LogP contribution in [0.2, 0.25) is 0 Å². The maximum absolute atomic E-state index is 13.6. The molecule has 1 aliphatic rings. The second-order valence-corrected chi connectivity index (χ2v) is 8.58. The average Bonchev–Trinajstić information content (AvgIpc) is 2.45. The van der Waals surface area contributed by atoms with Crippen molar-refractivity contribution in [1.82, 2.24) is 15.2 Å². The first kappa shape index (κ1) is 16.7. The number of nitrogens with zero attached hydrogens (tertiary/aromatic N) is 3. The van der Waals surface area contributed by atoms with Crippen molar-refractivity contribution < 1.29 is 12.8 Å². The molecule has 122 valence electrons. The van der Waals surface area contributed by atoms with Gasteiger partial charge in [0.15, 0.2) is 15.8 Å². The monoisotopic (exact) mass is 328 g/mol. The van der Waals surface area contributed by atoms with Crippen molar-refractivity contribution >= 4 is 15.8 Å². The third-order valence-corrected chi connectivity index (χ3v) is 6.34. The minimum Gasteiger partial charge on any atom is -0.350 e. The lowest BCUT2D eigenvalue weighted by atomic mass is 10.2. The number of hydrogen-bond donors (Lipinski definition) is 1. The topological polar surface area (TPSA) is 74.7 Å². The molecular formula is C14H21FN4O2S. The number of sulfone groups is 1. The Morgan fingerprint density at radius 2 is 2.27 bits per heavy atom. The first-order valence-electron chi connectivity index (χ1n) is 7.04. The Morgan fingerprint density at radius 3 is 2.86 bits per heavy atom. The van der Waals surface area contributed by atoms with Crippen molar-refractivity contribution in [2.75, 3.05) is 25.9 Å². The highest BCUT2D eigenvalue weighted by Crippen LogP contribution is 2.23. The number of hydrogen-bond acceptors (Lipinski definition) is 4. The Hall–Kier alpha value is -1.70. The zero-order valence-corrected chi connectivity index (χ0v) is 13.8. The highest BCUT2D eigenvalue weighted by Gasteiger charge is 2.40. The minimum atomic E-state index is -3.11. The van der Waals surface area contributed by atoms with Gasteiger partial charge in [0.2, 0.25) is 0 Å². The van der Waals surface area contributed by atoms with Gasteiger partial charge in [0.1, 0.15) is 5.82 Å². The van der Waals surface area contributed by atoms with Crippen LogP contribution in [0.3, 0.4) is 0 Å². The van der Waals surface area contributed by atoms with Gasteiger partial charge in [0.25, 0.3) is 0 Å². The summed E-state index contributed by atoms with van der Waals surface area (Å²) < 4.78 is 36.8. The normalized spacial score (nSPS) is 20.7. The Bertz CT molecular complexity index is 673. The standard InChI is InChI=1S/C14H21FN4O2S/c1-14(2)10-19(7-8-22(14,20)21)13(16-3)18-9-12-11(15)5-4-6-17-12/h4-6H,7-10H2,1-3H3,(H,16,18). The number of halogens is 1. The third-order valence-electron chi connectivity index (χ3n) is 3.80. The van der Waals surface area contributed by atoms with Crippen LogP contribution in [0.4, 0.5) is 4.39 Å². The van der Waals surface area contributed by atoms with Crippen molar-refractivity contribution in [3.05, 3.63) is 29.8 Å². The van der Waals surface area contributed by atoms with E-state index in [9.17, 15) is 12.8 Å². The zero-order valence-electron chi connectivity index (χ0n) is 13.0. The van der Waals surface area contributed by atoms with Crippen LogP contribution in [0.15, 0.2) is 23.3 Å². The molecule has 2 heterocycles. The molecule has 2 rings (SSSR count). The molecule has 22 heavy (non-hydrogen) atoms. The summed E-state index contributed by atoms with van der Waals surface area (Å²) in [5.41, 5.74) is 0.299. The molecule has 1 saturated heterocycles. The van der Waals surface area contributed by atoms with Gasteiger partial charge in [0.05, 0.1) is 22.7 Å². The molecule has 1 aromatic heterocycles. The van der Waals surface area contributed by atoms with Gasteiger partial charge >= 0.3 is 0 Å². The fourth-order valence-corrected chi connectivity index (χ4v) is 3.73. The van der Waals surface area contributed by atoms with E-state index >= 15 is 0 Å². The first-order valence-corrected chi connectivity index (χ1v) is 8.69. The molecule has 0 amide bonds. The van der Waals surface area contributed by atoms with Crippen molar-refractivity contribution in [2.45, 2.75) is 25.1 Å². The van der Waals surface area contributed by atoms with Gasteiger partial charge in [-0.05, 0) is 26.0 Å². The SMILES string of the molecule is CN=C(NCc1ncccc1F)N1CCS(=O)(=O)C(C)(C)C1. The fourth-order valence-electron chi connectivity index (χ4n) is 2.37. The van der Waals surface area contributed by atoms with E-state index in [2.05, 4.69) is 15.3 Å². The molecule has 1 N–H and O–H groups in total. The highest BCUT2D eigenvalue weighted by molar-refractivity contribution is 7.92. The lowest BCUT2D eigenvalue weighted by Gasteiger charge is -2.39. The molecule has 0 aromatic carbocycles. The summed E-state index contributed by atoms with van der Waals surface area (Å²) in [6.45, 7) is 4.33. The number of rotatable bonds is 2. The lowest BCUT2D eigenvalue weighted by Crippen LogP contribution is -2.57. The Labute approximate surface area is 130 Å². The molecule has 0 radical (unpaired) electrons. The molecule has 8 heteroatoms. The van der Waals surface area contributed by atoms with E-state index in [1.54, 1.807) is 20.9 Å². The summed E-state index contributed by atoms with van der Waals surface area (Å²) in [7, 11) is -1.49. The zero-order chi connectivity index (χ0) is 16.4. The van der Waals surface area contributed by atoms with Crippen LogP contribution >= 0.6 is 0 Å². The molecule has 1 aromatic rings. The van der Waals surface area contributed by atoms with Crippen molar-refractivity contribution in [3.63, 3.8) is 0 Å². The fraction of sp³-hybridized carbons (Fsp3) is 0.571. The number of aliphatic imine (C=N–C) groups is 1. The number of aromatic nitrogens is 1. The van der Waals surface area contributed by atoms with Gasteiger partial charge in [-0.3, -0.25) is 9.98 Å². The van der Waals surface area contributed by atoms with E-state index in [4.69, 9.17) is 0 Å². The number of nitrogens with one attached hydrogen (secondary N) is 1. The van der Waals surface area contributed by atoms with Crippen LogP contribution in [-0.4, -0.2) is 54.9 Å². The summed E-state index contributed by atoms with van der Waals surface area (Å²) in [4.78, 5) is 10.0. The summed E-state index contributed by atoms with van der Waals surface area (Å²) in [5.74, 6) is 0.249. The summed E-state index contributed by atoms with van der Waals surface area (Å²) >= 11 is 0. The van der Waals surface area contributed by atoms with Gasteiger partial charge in [-0.15, -0.1) is 0 Å². The predicted molar refractivity (Wildman–Crippen MR) is 83.8 cm³/mol. The van der Waals surface area contributed by atoms with Crippen LogP contribution in [0.5, 0.6) is 0 Å². The van der Waals surface area contributed by atoms with Crippen LogP contribution < -0.4 is 5.32 Å². The van der Waals surface area contributed by atoms with E-state index in [-0.39, 0.29) is 18.1 Å². The molecule has 1 aliphatic heterocycles. The number of pyridine rings is 1. The van der Waals surface area contributed by atoms with Crippen molar-refractivity contribution in [3.8, 4) is 0 Å². The second-order valence-electron chi connectivity index (χ2n) is 5.83. The molecule has 0 bridgehead atoms. The van der Waals surface area contributed by atoms with E-state index < -0.39 is 14.6 Å². The minimum absolute atomic E-state index is 0.0820. The summed E-state index contributed by atoms with van der Waals surface area (Å²) in [5, 5.41) is 3.04. The Kier molecular flexibility index (Phi) is 4.69. The van der Waals surface area contributed by atoms with E-state index in [1.807, 2.05) is 4.90 Å². The largest absolute Gasteiger partial charge is 0.350 e. The predicted octanol–water partition coefficient (Wildman–Crippen LogP) is 0.805. The van der Waals surface area contributed by atoms with Gasteiger partial charge in [-0.1, -0.05) is 0 Å². The van der Waals surface area contributed by atoms with Crippen molar-refractivity contribution in [1.29, 1.82) is 0 Å². The molecule has 0 unspecified atom stereocenters. The molecule has 0 aliphatic carbocycles. The van der Waals surface area contributed by atoms with Crippen LogP contribution in [0.25, 0.3) is 0 Å². The maximum Gasteiger partial charge on any atom is 0.194 e. The van der Waals surface area contributed by atoms with Crippen LogP contribution in [-0.2, 0) is 16.4 Å². The van der Waals surface area contributed by atoms with Crippen LogP contribution in [0, 0.1) is 5.82 Å². The summed E-state index contributed by atoms with van der Waals surface area (Å²) in [6.07, 6.45) is 1.53. The first-order chi connectivity index (χ1) is 10.3. The molecule has 1 fully saturated rings. The molecular weight excluding hydrogens is 307 g/mol. The Balaban J connectivity index is 2.06. The lowest BCUT2D eigenvalue weighted by molar-refractivity contribution is 0.353. The third kappa shape index (κ3) is 3.37. The average molecular weight is 328 g/mol. The van der Waals surface area contributed by atoms with E-state index in [0.717, 1.165) is 0 Å². The number of guanidine groups is 1. The quantitative estimate of drug-likeness (QED) is 0.642. The van der Waals surface area contributed by atoms with E-state index in [0.29, 0.717) is 24.7 Å². The maximum atomic E-state index is 13.6. The van der Waals surface area contributed by atoms with Gasteiger partial charge in [-0.25, -0.2) is 12.8 Å². The van der Waals surface area contributed by atoms with Gasteiger partial charge in [0, 0.05) is 26.3 Å². The second kappa shape index (κ2) is 6.20. The van der Waals surface area contributed by atoms with E-state index in [1.165, 1.54) is 18.3 Å². The molecule has 0 atom stereocenters. The Morgan fingerprint density at radius 1 is 1.55 bits per heavy atom. The smallest absolute Gasteiger partial charge is 0.194 e.